The van der Waals surface area contributed by atoms with Crippen molar-refractivity contribution in [3.63, 3.8) is 0 Å². The highest BCUT2D eigenvalue weighted by Gasteiger charge is 2.31. The Morgan fingerprint density at radius 3 is 2.61 bits per heavy atom. The summed E-state index contributed by atoms with van der Waals surface area (Å²) < 4.78 is 4.86. The molecular weight excluding hydrogens is 292 g/mol. The molecule has 1 fully saturated rings. The number of benzene rings is 1. The van der Waals surface area contributed by atoms with Gasteiger partial charge in [-0.25, -0.2) is 0 Å². The van der Waals surface area contributed by atoms with Gasteiger partial charge in [0.05, 0.1) is 19.1 Å². The molecule has 2 unspecified atom stereocenters. The van der Waals surface area contributed by atoms with E-state index in [4.69, 9.17) is 4.74 Å². The highest BCUT2D eigenvalue weighted by molar-refractivity contribution is 5.81. The monoisotopic (exact) mass is 318 g/mol. The second kappa shape index (κ2) is 8.11. The Morgan fingerprint density at radius 2 is 2.00 bits per heavy atom. The van der Waals surface area contributed by atoms with E-state index >= 15 is 0 Å². The zero-order valence-electron chi connectivity index (χ0n) is 14.0. The maximum atomic E-state index is 12.7. The number of piperidine rings is 1. The van der Waals surface area contributed by atoms with E-state index in [1.165, 1.54) is 7.11 Å². The predicted molar refractivity (Wildman–Crippen MR) is 88.7 cm³/mol. The molecule has 1 aliphatic rings. The van der Waals surface area contributed by atoms with Crippen LogP contribution in [0.1, 0.15) is 38.3 Å². The SMILES string of the molecule is COC(=O)C(C)C(NC(=O)[C@H]1CCN[C@@H](C)C1)c1ccccc1. The number of rotatable bonds is 5. The molecule has 5 nitrogen and oxygen atoms in total. The van der Waals surface area contributed by atoms with Gasteiger partial charge >= 0.3 is 5.97 Å². The Balaban J connectivity index is 2.14. The van der Waals surface area contributed by atoms with Crippen molar-refractivity contribution >= 4 is 11.9 Å². The molecule has 2 N–H and O–H groups in total. The maximum Gasteiger partial charge on any atom is 0.310 e. The first kappa shape index (κ1) is 17.5. The molecule has 4 atom stereocenters. The van der Waals surface area contributed by atoms with Crippen molar-refractivity contribution in [1.82, 2.24) is 10.6 Å². The van der Waals surface area contributed by atoms with Crippen LogP contribution >= 0.6 is 0 Å². The molecule has 5 heteroatoms. The van der Waals surface area contributed by atoms with Gasteiger partial charge in [-0.15, -0.1) is 0 Å². The number of carbonyl (C=O) groups excluding carboxylic acids is 2. The molecule has 2 rings (SSSR count). The molecular formula is C18H26N2O3. The first-order valence-corrected chi connectivity index (χ1v) is 8.19. The van der Waals surface area contributed by atoms with Crippen molar-refractivity contribution in [3.05, 3.63) is 35.9 Å². The lowest BCUT2D eigenvalue weighted by molar-refractivity contribution is -0.146. The fraction of sp³-hybridized carbons (Fsp3) is 0.556. The van der Waals surface area contributed by atoms with E-state index < -0.39 is 5.92 Å². The Kier molecular flexibility index (Phi) is 6.16. The Bertz CT molecular complexity index is 532. The number of carbonyl (C=O) groups is 2. The van der Waals surface area contributed by atoms with Crippen molar-refractivity contribution in [2.75, 3.05) is 13.7 Å². The maximum absolute atomic E-state index is 12.7. The largest absolute Gasteiger partial charge is 0.469 e. The van der Waals surface area contributed by atoms with E-state index in [0.29, 0.717) is 6.04 Å². The van der Waals surface area contributed by atoms with Crippen molar-refractivity contribution in [3.8, 4) is 0 Å². The molecule has 1 aliphatic heterocycles. The third-order valence-corrected chi connectivity index (χ3v) is 4.52. The van der Waals surface area contributed by atoms with E-state index in [1.807, 2.05) is 30.3 Å². The lowest BCUT2D eigenvalue weighted by atomic mass is 9.90. The van der Waals surface area contributed by atoms with Gasteiger partial charge in [0.2, 0.25) is 5.91 Å². The van der Waals surface area contributed by atoms with Crippen molar-refractivity contribution in [2.45, 2.75) is 38.8 Å². The molecule has 1 amide bonds. The van der Waals surface area contributed by atoms with Crippen molar-refractivity contribution in [2.24, 2.45) is 11.8 Å². The number of nitrogens with one attached hydrogen (secondary N) is 2. The van der Waals surface area contributed by atoms with Crippen LogP contribution in [0.3, 0.4) is 0 Å². The van der Waals surface area contributed by atoms with Gasteiger partial charge in [0.15, 0.2) is 0 Å². The summed E-state index contributed by atoms with van der Waals surface area (Å²) in [6.07, 6.45) is 1.64. The van der Waals surface area contributed by atoms with Crippen molar-refractivity contribution in [1.29, 1.82) is 0 Å². The minimum atomic E-state index is -0.439. The van der Waals surface area contributed by atoms with E-state index in [0.717, 1.165) is 24.9 Å². The fourth-order valence-electron chi connectivity index (χ4n) is 3.12. The van der Waals surface area contributed by atoms with Crippen LogP contribution in [0, 0.1) is 11.8 Å². The van der Waals surface area contributed by atoms with Gasteiger partial charge in [-0.2, -0.15) is 0 Å². The number of amides is 1. The Labute approximate surface area is 137 Å². The molecule has 0 spiro atoms. The quantitative estimate of drug-likeness (QED) is 0.815. The standard InChI is InChI=1S/C18H26N2O3/c1-12-11-15(9-10-19-12)17(21)20-16(13(2)18(22)23-3)14-7-5-4-6-8-14/h4-8,12-13,15-16,19H,9-11H2,1-3H3,(H,20,21)/t12-,13?,15-,16?/m0/s1. The number of ether oxygens (including phenoxy) is 1. The van der Waals surface area contributed by atoms with E-state index in [9.17, 15) is 9.59 Å². The molecule has 0 saturated carbocycles. The molecule has 1 heterocycles. The van der Waals surface area contributed by atoms with Crippen molar-refractivity contribution < 1.29 is 14.3 Å². The van der Waals surface area contributed by atoms with Gasteiger partial charge < -0.3 is 15.4 Å². The number of methoxy groups -OCH3 is 1. The summed E-state index contributed by atoms with van der Waals surface area (Å²) in [4.78, 5) is 24.6. The molecule has 1 saturated heterocycles. The lowest BCUT2D eigenvalue weighted by Gasteiger charge is -2.30. The molecule has 126 valence electrons. The van der Waals surface area contributed by atoms with Gasteiger partial charge in [-0.3, -0.25) is 9.59 Å². The van der Waals surface area contributed by atoms with Gasteiger partial charge in [-0.05, 0) is 38.8 Å². The summed E-state index contributed by atoms with van der Waals surface area (Å²) in [5, 5.41) is 6.42. The van der Waals surface area contributed by atoms with E-state index in [2.05, 4.69) is 17.6 Å². The van der Waals surface area contributed by atoms with Crippen LogP contribution < -0.4 is 10.6 Å². The summed E-state index contributed by atoms with van der Waals surface area (Å²) >= 11 is 0. The zero-order valence-corrected chi connectivity index (χ0v) is 14.0. The topological polar surface area (TPSA) is 67.4 Å². The van der Waals surface area contributed by atoms with Crippen LogP contribution in [0.25, 0.3) is 0 Å². The summed E-state index contributed by atoms with van der Waals surface area (Å²) in [5.41, 5.74) is 0.917. The van der Waals surface area contributed by atoms with Crippen LogP contribution in [0.4, 0.5) is 0 Å². The summed E-state index contributed by atoms with van der Waals surface area (Å²) in [6, 6.07) is 9.55. The minimum absolute atomic E-state index is 0.0118. The molecule has 23 heavy (non-hydrogen) atoms. The van der Waals surface area contributed by atoms with E-state index in [-0.39, 0.29) is 23.8 Å². The molecule has 0 bridgehead atoms. The lowest BCUT2D eigenvalue weighted by Crippen LogP contribution is -2.45. The Morgan fingerprint density at radius 1 is 1.30 bits per heavy atom. The predicted octanol–water partition coefficient (Wildman–Crippen LogP) is 2.04. The smallest absolute Gasteiger partial charge is 0.310 e. The highest BCUT2D eigenvalue weighted by Crippen LogP contribution is 2.25. The second-order valence-corrected chi connectivity index (χ2v) is 6.29. The van der Waals surface area contributed by atoms with Gasteiger partial charge in [0, 0.05) is 12.0 Å². The third kappa shape index (κ3) is 4.55. The number of esters is 1. The van der Waals surface area contributed by atoms with Gasteiger partial charge in [-0.1, -0.05) is 30.3 Å². The summed E-state index contributed by atoms with van der Waals surface area (Å²) in [6.45, 7) is 4.72. The normalized spacial score (nSPS) is 23.6. The van der Waals surface area contributed by atoms with E-state index in [1.54, 1.807) is 6.92 Å². The number of hydrogen-bond acceptors (Lipinski definition) is 4. The van der Waals surface area contributed by atoms with Gasteiger partial charge in [0.1, 0.15) is 0 Å². The average molecular weight is 318 g/mol. The number of hydrogen-bond donors (Lipinski definition) is 2. The molecule has 0 aliphatic carbocycles. The summed E-state index contributed by atoms with van der Waals surface area (Å²) in [5.74, 6) is -0.756. The highest BCUT2D eigenvalue weighted by atomic mass is 16.5. The first-order chi connectivity index (χ1) is 11.0. The summed E-state index contributed by atoms with van der Waals surface area (Å²) in [7, 11) is 1.37. The van der Waals surface area contributed by atoms with Crippen LogP contribution in [0.15, 0.2) is 30.3 Å². The average Bonchev–Trinajstić information content (AvgIpc) is 2.58. The van der Waals surface area contributed by atoms with Gasteiger partial charge in [0.25, 0.3) is 0 Å². The molecule has 1 aromatic rings. The van der Waals surface area contributed by atoms with Crippen LogP contribution in [0.5, 0.6) is 0 Å². The van der Waals surface area contributed by atoms with Crippen LogP contribution in [0.2, 0.25) is 0 Å². The zero-order chi connectivity index (χ0) is 16.8. The second-order valence-electron chi connectivity index (χ2n) is 6.29. The fourth-order valence-corrected chi connectivity index (χ4v) is 3.12. The first-order valence-electron chi connectivity index (χ1n) is 8.19. The molecule has 0 aromatic heterocycles. The minimum Gasteiger partial charge on any atom is -0.469 e. The van der Waals surface area contributed by atoms with Crippen LogP contribution in [-0.2, 0) is 14.3 Å². The Hall–Kier alpha value is -1.88. The molecule has 0 radical (unpaired) electrons. The van der Waals surface area contributed by atoms with Crippen LogP contribution in [-0.4, -0.2) is 31.6 Å². The third-order valence-electron chi connectivity index (χ3n) is 4.52. The molecule has 1 aromatic carbocycles.